The molecule has 0 bridgehead atoms. The Morgan fingerprint density at radius 3 is 2.36 bits per heavy atom. The molecular formula is C33H37N3O5S. The number of rotatable bonds is 9. The number of carbonyl (C=O) groups is 3. The van der Waals surface area contributed by atoms with Crippen LogP contribution in [0.3, 0.4) is 0 Å². The molecule has 3 amide bonds. The molecule has 1 aliphatic heterocycles. The first-order valence-electron chi connectivity index (χ1n) is 14.2. The number of hydrogen-bond acceptors (Lipinski definition) is 6. The minimum absolute atomic E-state index is 0.00109. The Hall–Kier alpha value is -3.82. The van der Waals surface area contributed by atoms with Crippen molar-refractivity contribution in [2.45, 2.75) is 68.5 Å². The zero-order valence-corrected chi connectivity index (χ0v) is 24.8. The highest BCUT2D eigenvalue weighted by atomic mass is 32.2. The monoisotopic (exact) mass is 587 g/mol. The van der Waals surface area contributed by atoms with Gasteiger partial charge in [-0.25, -0.2) is 0 Å². The molecule has 1 aliphatic carbocycles. The number of amides is 3. The Bertz CT molecular complexity index is 1450. The molecule has 8 nitrogen and oxygen atoms in total. The lowest BCUT2D eigenvalue weighted by Gasteiger charge is -2.33. The molecule has 0 unspecified atom stereocenters. The largest absolute Gasteiger partial charge is 0.508 e. The summed E-state index contributed by atoms with van der Waals surface area (Å²) in [6.07, 6.45) is -0.569. The predicted octanol–water partition coefficient (Wildman–Crippen LogP) is 3.76. The number of carbonyl (C=O) groups excluding carboxylic acids is 3. The number of phenolic OH excluding ortho intramolecular Hbond substituents is 1. The first kappa shape index (κ1) is 29.7. The van der Waals surface area contributed by atoms with E-state index in [0.717, 1.165) is 12.0 Å². The molecule has 0 spiro atoms. The molecule has 2 aliphatic rings. The number of aliphatic hydroxyl groups is 1. The number of aliphatic hydroxyl groups excluding tert-OH is 1. The van der Waals surface area contributed by atoms with Gasteiger partial charge in [0.25, 0.3) is 11.8 Å². The third kappa shape index (κ3) is 6.32. The van der Waals surface area contributed by atoms with Crippen molar-refractivity contribution in [3.05, 3.63) is 101 Å². The average molecular weight is 588 g/mol. The molecule has 1 saturated carbocycles. The second-order valence-electron chi connectivity index (χ2n) is 11.6. The minimum atomic E-state index is -1.60. The number of nitrogens with one attached hydrogen (secondary N) is 2. The van der Waals surface area contributed by atoms with Gasteiger partial charge in [-0.3, -0.25) is 14.4 Å². The Morgan fingerprint density at radius 1 is 1.00 bits per heavy atom. The molecule has 9 heteroatoms. The molecule has 3 aromatic rings. The van der Waals surface area contributed by atoms with Crippen molar-refractivity contribution >= 4 is 29.5 Å². The second-order valence-corrected chi connectivity index (χ2v) is 13.2. The standard InChI is InChI=1S/C33H37N3O5S/c1-20-23(15-10-16-27(20)37)30(39)35-26(17-21-11-6-4-7-12-21)28(38)32(41)36-19-42-33(2,3)29(36)31(40)34-25-18-24(25)22-13-8-5-9-14-22/h4-16,24-26,28-29,37-38H,17-19H2,1-3H3,(H,34,40)(H,35,39)/t24-,25+,26+,28+,29-/m1/s1. The van der Waals surface area contributed by atoms with Crippen molar-refractivity contribution in [2.75, 3.05) is 5.88 Å². The van der Waals surface area contributed by atoms with Crippen LogP contribution in [0.5, 0.6) is 5.75 Å². The van der Waals surface area contributed by atoms with Gasteiger partial charge in [0.05, 0.1) is 11.9 Å². The summed E-state index contributed by atoms with van der Waals surface area (Å²) in [5.41, 5.74) is 2.65. The predicted molar refractivity (Wildman–Crippen MR) is 163 cm³/mol. The van der Waals surface area contributed by atoms with Crippen LogP contribution >= 0.6 is 11.8 Å². The summed E-state index contributed by atoms with van der Waals surface area (Å²) >= 11 is 1.48. The number of aromatic hydroxyl groups is 1. The minimum Gasteiger partial charge on any atom is -0.508 e. The molecule has 220 valence electrons. The van der Waals surface area contributed by atoms with E-state index in [2.05, 4.69) is 22.8 Å². The van der Waals surface area contributed by atoms with Gasteiger partial charge < -0.3 is 25.7 Å². The van der Waals surface area contributed by atoms with Crippen LogP contribution in [0.4, 0.5) is 0 Å². The van der Waals surface area contributed by atoms with Gasteiger partial charge >= 0.3 is 0 Å². The van der Waals surface area contributed by atoms with Gasteiger partial charge in [-0.05, 0) is 56.9 Å². The average Bonchev–Trinajstić information content (AvgIpc) is 3.67. The molecule has 4 N–H and O–H groups in total. The number of thioether (sulfide) groups is 1. The normalized spacial score (nSPS) is 22.2. The van der Waals surface area contributed by atoms with Crippen LogP contribution in [-0.4, -0.2) is 67.7 Å². The summed E-state index contributed by atoms with van der Waals surface area (Å²) in [7, 11) is 0. The van der Waals surface area contributed by atoms with Crippen molar-refractivity contribution in [1.82, 2.24) is 15.5 Å². The number of nitrogens with zero attached hydrogens (tertiary/aromatic N) is 1. The molecule has 5 rings (SSSR count). The molecule has 42 heavy (non-hydrogen) atoms. The maximum atomic E-state index is 13.9. The lowest BCUT2D eigenvalue weighted by molar-refractivity contribution is -0.147. The van der Waals surface area contributed by atoms with E-state index in [1.807, 2.05) is 62.4 Å². The van der Waals surface area contributed by atoms with E-state index in [0.29, 0.717) is 5.56 Å². The zero-order valence-electron chi connectivity index (χ0n) is 24.0. The maximum absolute atomic E-state index is 13.9. The van der Waals surface area contributed by atoms with E-state index in [9.17, 15) is 24.6 Å². The van der Waals surface area contributed by atoms with E-state index in [1.54, 1.807) is 19.1 Å². The van der Waals surface area contributed by atoms with Gasteiger partial charge in [0.1, 0.15) is 11.8 Å². The highest BCUT2D eigenvalue weighted by Crippen LogP contribution is 2.43. The topological polar surface area (TPSA) is 119 Å². The molecule has 1 saturated heterocycles. The first-order chi connectivity index (χ1) is 20.1. The van der Waals surface area contributed by atoms with Crippen molar-refractivity contribution in [3.8, 4) is 5.75 Å². The van der Waals surface area contributed by atoms with Crippen LogP contribution in [0, 0.1) is 6.92 Å². The lowest BCUT2D eigenvalue weighted by atomic mass is 9.96. The van der Waals surface area contributed by atoms with Crippen molar-refractivity contribution in [2.24, 2.45) is 0 Å². The smallest absolute Gasteiger partial charge is 0.254 e. The summed E-state index contributed by atoms with van der Waals surface area (Å²) < 4.78 is -0.576. The summed E-state index contributed by atoms with van der Waals surface area (Å²) in [4.78, 5) is 42.3. The van der Waals surface area contributed by atoms with E-state index in [4.69, 9.17) is 0 Å². The highest BCUT2D eigenvalue weighted by molar-refractivity contribution is 8.00. The van der Waals surface area contributed by atoms with Crippen LogP contribution < -0.4 is 10.6 Å². The van der Waals surface area contributed by atoms with E-state index < -0.39 is 34.7 Å². The highest BCUT2D eigenvalue weighted by Gasteiger charge is 2.51. The molecule has 5 atom stereocenters. The van der Waals surface area contributed by atoms with Crippen LogP contribution in [0.1, 0.15) is 53.2 Å². The van der Waals surface area contributed by atoms with E-state index >= 15 is 0 Å². The summed E-state index contributed by atoms with van der Waals surface area (Å²) in [6.45, 7) is 5.49. The fraction of sp³-hybridized carbons (Fsp3) is 0.364. The molecule has 0 aromatic heterocycles. The van der Waals surface area contributed by atoms with Gasteiger partial charge in [-0.2, -0.15) is 0 Å². The van der Waals surface area contributed by atoms with Gasteiger partial charge in [0, 0.05) is 27.8 Å². The van der Waals surface area contributed by atoms with E-state index in [1.165, 1.54) is 28.3 Å². The van der Waals surface area contributed by atoms with Crippen molar-refractivity contribution in [1.29, 1.82) is 0 Å². The second kappa shape index (κ2) is 12.2. The fourth-order valence-electron chi connectivity index (χ4n) is 5.66. The molecular weight excluding hydrogens is 550 g/mol. The molecule has 2 fully saturated rings. The Balaban J connectivity index is 1.34. The third-order valence-corrected chi connectivity index (χ3v) is 9.60. The maximum Gasteiger partial charge on any atom is 0.254 e. The Labute approximate surface area is 250 Å². The number of hydrogen-bond donors (Lipinski definition) is 4. The van der Waals surface area contributed by atoms with Gasteiger partial charge in [0.2, 0.25) is 5.91 Å². The van der Waals surface area contributed by atoms with Crippen LogP contribution in [0.15, 0.2) is 78.9 Å². The van der Waals surface area contributed by atoms with Gasteiger partial charge in [-0.15, -0.1) is 11.8 Å². The van der Waals surface area contributed by atoms with Gasteiger partial charge in [-0.1, -0.05) is 66.7 Å². The van der Waals surface area contributed by atoms with Crippen molar-refractivity contribution < 1.29 is 24.6 Å². The molecule has 3 aromatic carbocycles. The quantitative estimate of drug-likeness (QED) is 0.303. The Morgan fingerprint density at radius 2 is 1.67 bits per heavy atom. The van der Waals surface area contributed by atoms with E-state index in [-0.39, 0.29) is 41.5 Å². The molecule has 0 radical (unpaired) electrons. The molecule has 1 heterocycles. The first-order valence-corrected chi connectivity index (χ1v) is 15.2. The van der Waals surface area contributed by atoms with Crippen LogP contribution in [-0.2, 0) is 16.0 Å². The third-order valence-electron chi connectivity index (χ3n) is 8.22. The number of benzene rings is 3. The Kier molecular flexibility index (Phi) is 8.61. The SMILES string of the molecule is Cc1c(O)cccc1C(=O)N[C@@H](Cc1ccccc1)[C@H](O)C(=O)N1CSC(C)(C)[C@H]1C(=O)N[C@H]1C[C@@H]1c1ccccc1. The summed E-state index contributed by atoms with van der Waals surface area (Å²) in [6, 6.07) is 22.2. The number of phenols is 1. The summed E-state index contributed by atoms with van der Waals surface area (Å²) in [5.74, 6) is -0.902. The van der Waals surface area contributed by atoms with Gasteiger partial charge in [0.15, 0.2) is 6.10 Å². The fourth-order valence-corrected chi connectivity index (χ4v) is 6.81. The summed E-state index contributed by atoms with van der Waals surface area (Å²) in [5, 5.41) is 27.6. The zero-order chi connectivity index (χ0) is 30.0. The van der Waals surface area contributed by atoms with Crippen LogP contribution in [0.25, 0.3) is 0 Å². The van der Waals surface area contributed by atoms with Crippen LogP contribution in [0.2, 0.25) is 0 Å². The lowest BCUT2D eigenvalue weighted by Crippen LogP contribution is -2.59. The van der Waals surface area contributed by atoms with Crippen molar-refractivity contribution in [3.63, 3.8) is 0 Å².